The predicted octanol–water partition coefficient (Wildman–Crippen LogP) is 3.16. The van der Waals surface area contributed by atoms with Crippen molar-refractivity contribution in [2.45, 2.75) is 6.92 Å². The fourth-order valence-corrected chi connectivity index (χ4v) is 13.8. The molecule has 7 heteroatoms. The molecule has 0 atom stereocenters. The second-order valence-electron chi connectivity index (χ2n) is 9.55. The zero-order valence-corrected chi connectivity index (χ0v) is 23.6. The summed E-state index contributed by atoms with van der Waals surface area (Å²) in [4.78, 5) is 12.0. The number of hydrogen-bond donors (Lipinski definition) is 0. The van der Waals surface area contributed by atoms with Gasteiger partial charge in [-0.15, -0.1) is 0 Å². The molecule has 39 heavy (non-hydrogen) atoms. The van der Waals surface area contributed by atoms with Crippen molar-refractivity contribution in [3.8, 4) is 0 Å². The van der Waals surface area contributed by atoms with Crippen LogP contribution in [0.2, 0.25) is 0 Å². The number of hydrogen-bond acceptors (Lipinski definition) is 4. The van der Waals surface area contributed by atoms with Crippen LogP contribution in [0.15, 0.2) is 146 Å². The van der Waals surface area contributed by atoms with Crippen molar-refractivity contribution in [3.05, 3.63) is 151 Å². The van der Waals surface area contributed by atoms with Crippen LogP contribution in [-0.4, -0.2) is 30.0 Å². The molecule has 1 saturated heterocycles. The maximum Gasteiger partial charge on any atom is 0.476 e. The number of carbonyl (C=O) groups is 1. The van der Waals surface area contributed by atoms with E-state index in [1.165, 1.54) is 0 Å². The third-order valence-electron chi connectivity index (χ3n) is 7.04. The van der Waals surface area contributed by atoms with E-state index in [1.807, 2.05) is 97.1 Å². The first-order chi connectivity index (χ1) is 19.1. The largest absolute Gasteiger partial charge is 0.476 e. The van der Waals surface area contributed by atoms with Crippen LogP contribution in [0.25, 0.3) is 0 Å². The molecule has 0 saturated carbocycles. The summed E-state index contributed by atoms with van der Waals surface area (Å²) in [6.07, 6.45) is 0. The Balaban J connectivity index is 1.63. The molecule has 6 rings (SSSR count). The van der Waals surface area contributed by atoms with Crippen molar-refractivity contribution in [2.75, 3.05) is 0 Å². The van der Waals surface area contributed by atoms with E-state index in [0.29, 0.717) is 5.56 Å². The quantitative estimate of drug-likeness (QED) is 0.244. The number of ketones is 1. The first-order valence-electron chi connectivity index (χ1n) is 13.0. The topological polar surface area (TPSA) is 44.8 Å². The van der Waals surface area contributed by atoms with Gasteiger partial charge in [-0.3, -0.25) is 4.79 Å². The second kappa shape index (κ2) is 10.7. The first kappa shape index (κ1) is 25.4. The Morgan fingerprint density at radius 3 is 1.15 bits per heavy atom. The monoisotopic (exact) mass is 542 g/mol. The number of rotatable bonds is 6. The van der Waals surface area contributed by atoms with Crippen molar-refractivity contribution < 1.29 is 17.6 Å². The SMILES string of the molecule is CC(=O)c1ccc(B2O[Si](c3ccccc3)(c3ccccc3)O[Si](c3ccccc3)(c3ccccc3)O2)cc1. The van der Waals surface area contributed by atoms with E-state index in [2.05, 4.69) is 48.5 Å². The lowest BCUT2D eigenvalue weighted by Crippen LogP contribution is -2.82. The average molecular weight is 543 g/mol. The second-order valence-corrected chi connectivity index (χ2v) is 15.6. The molecule has 1 heterocycles. The minimum atomic E-state index is -3.35. The molecule has 5 aromatic rings. The van der Waals surface area contributed by atoms with Gasteiger partial charge < -0.3 is 12.8 Å². The van der Waals surface area contributed by atoms with Crippen LogP contribution in [0.3, 0.4) is 0 Å². The van der Waals surface area contributed by atoms with E-state index >= 15 is 0 Å². The summed E-state index contributed by atoms with van der Waals surface area (Å²) in [5, 5.41) is 4.03. The Morgan fingerprint density at radius 2 is 0.846 bits per heavy atom. The number of benzene rings is 5. The lowest BCUT2D eigenvalue weighted by atomic mass is 9.80. The van der Waals surface area contributed by atoms with Gasteiger partial charge in [0.15, 0.2) is 5.78 Å². The molecule has 1 fully saturated rings. The van der Waals surface area contributed by atoms with Crippen LogP contribution in [0.5, 0.6) is 0 Å². The third kappa shape index (κ3) is 4.76. The number of Topliss-reactive ketones (excluding diaryl/α,β-unsaturated/α-hetero) is 1. The molecule has 1 aliphatic heterocycles. The molecule has 4 nitrogen and oxygen atoms in total. The maximum atomic E-state index is 12.0. The van der Waals surface area contributed by atoms with Gasteiger partial charge in [-0.2, -0.15) is 0 Å². The lowest BCUT2D eigenvalue weighted by molar-refractivity contribution is 0.101. The van der Waals surface area contributed by atoms with Crippen LogP contribution >= 0.6 is 0 Å². The lowest BCUT2D eigenvalue weighted by Gasteiger charge is -2.48. The molecule has 5 aromatic carbocycles. The highest BCUT2D eigenvalue weighted by Gasteiger charge is 2.61. The Morgan fingerprint density at radius 1 is 0.513 bits per heavy atom. The van der Waals surface area contributed by atoms with Gasteiger partial charge in [0.25, 0.3) is 0 Å². The fraction of sp³-hybridized carbons (Fsp3) is 0.0312. The van der Waals surface area contributed by atoms with Gasteiger partial charge in [0, 0.05) is 5.56 Å². The molecule has 0 aliphatic carbocycles. The van der Waals surface area contributed by atoms with Gasteiger partial charge in [-0.05, 0) is 33.1 Å². The average Bonchev–Trinajstić information content (AvgIpc) is 3.02. The van der Waals surface area contributed by atoms with Gasteiger partial charge >= 0.3 is 24.2 Å². The molecule has 1 aliphatic rings. The van der Waals surface area contributed by atoms with Crippen LogP contribution < -0.4 is 26.2 Å². The van der Waals surface area contributed by atoms with Gasteiger partial charge in [0.05, 0.1) is 0 Å². The first-order valence-corrected chi connectivity index (χ1v) is 16.6. The fourth-order valence-electron chi connectivity index (χ4n) is 5.06. The summed E-state index contributed by atoms with van der Waals surface area (Å²) in [7, 11) is -7.40. The van der Waals surface area contributed by atoms with Crippen molar-refractivity contribution >= 4 is 56.2 Å². The highest BCUT2D eigenvalue weighted by molar-refractivity contribution is 7.10. The van der Waals surface area contributed by atoms with Crippen molar-refractivity contribution in [1.82, 2.24) is 0 Å². The zero-order chi connectivity index (χ0) is 26.7. The smallest absolute Gasteiger partial charge is 0.423 e. The van der Waals surface area contributed by atoms with Crippen LogP contribution in [0, 0.1) is 0 Å². The van der Waals surface area contributed by atoms with E-state index < -0.39 is 24.2 Å². The molecule has 0 aromatic heterocycles. The maximum absolute atomic E-state index is 12.0. The summed E-state index contributed by atoms with van der Waals surface area (Å²) in [6.45, 7) is 1.57. The minimum absolute atomic E-state index is 0.0185. The summed E-state index contributed by atoms with van der Waals surface area (Å²) >= 11 is 0. The molecule has 190 valence electrons. The third-order valence-corrected chi connectivity index (χ3v) is 14.8. The van der Waals surface area contributed by atoms with Gasteiger partial charge in [0.2, 0.25) is 0 Å². The molecule has 0 N–H and O–H groups in total. The van der Waals surface area contributed by atoms with E-state index in [9.17, 15) is 4.79 Å². The van der Waals surface area contributed by atoms with E-state index in [4.69, 9.17) is 12.8 Å². The molecular weight excluding hydrogens is 515 g/mol. The normalized spacial score (nSPS) is 16.0. The summed E-state index contributed by atoms with van der Waals surface area (Å²) in [5.41, 5.74) is 1.49. The molecular formula is C32H27BO4Si2. The summed E-state index contributed by atoms with van der Waals surface area (Å²) in [5.74, 6) is 0.0185. The van der Waals surface area contributed by atoms with Crippen molar-refractivity contribution in [2.24, 2.45) is 0 Å². The minimum Gasteiger partial charge on any atom is -0.423 e. The standard InChI is InChI=1S/C32H27BO4Si2/c1-26(34)27-22-24-28(25-23-27)33-35-38(29-14-6-2-7-15-29,30-16-8-3-9-17-30)37-39(36-33,31-18-10-4-11-19-31)32-20-12-5-13-21-32/h2-25H,1H3. The highest BCUT2D eigenvalue weighted by Crippen LogP contribution is 2.26. The van der Waals surface area contributed by atoms with Crippen LogP contribution in [0.4, 0.5) is 0 Å². The highest BCUT2D eigenvalue weighted by atomic mass is 28.5. The van der Waals surface area contributed by atoms with Crippen LogP contribution in [-0.2, 0) is 12.8 Å². The summed E-state index contributed by atoms with van der Waals surface area (Å²) < 4.78 is 21.6. The Labute approximate surface area is 231 Å². The van der Waals surface area contributed by atoms with E-state index in [-0.39, 0.29) is 5.78 Å². The van der Waals surface area contributed by atoms with E-state index in [0.717, 1.165) is 26.2 Å². The van der Waals surface area contributed by atoms with Gasteiger partial charge in [-0.1, -0.05) is 146 Å². The Bertz CT molecular complexity index is 1380. The molecule has 0 spiro atoms. The zero-order valence-electron chi connectivity index (χ0n) is 21.6. The molecule has 0 bridgehead atoms. The summed E-state index contributed by atoms with van der Waals surface area (Å²) in [6, 6.07) is 48.5. The predicted molar refractivity (Wildman–Crippen MR) is 161 cm³/mol. The van der Waals surface area contributed by atoms with Crippen LogP contribution in [0.1, 0.15) is 17.3 Å². The van der Waals surface area contributed by atoms with Gasteiger partial charge in [-0.25, -0.2) is 0 Å². The molecule has 0 amide bonds. The van der Waals surface area contributed by atoms with Crippen molar-refractivity contribution in [1.29, 1.82) is 0 Å². The van der Waals surface area contributed by atoms with Gasteiger partial charge in [0.1, 0.15) is 0 Å². The molecule has 0 unspecified atom stereocenters. The molecule has 0 radical (unpaired) electrons. The number of carbonyl (C=O) groups excluding carboxylic acids is 1. The van der Waals surface area contributed by atoms with E-state index in [1.54, 1.807) is 6.92 Å². The van der Waals surface area contributed by atoms with Crippen molar-refractivity contribution in [3.63, 3.8) is 0 Å². The Kier molecular flexibility index (Phi) is 6.99. The Hall–Kier alpha value is -3.85.